The number of aliphatic carboxylic acids is 1. The van der Waals surface area contributed by atoms with E-state index in [0.717, 1.165) is 12.0 Å². The first-order chi connectivity index (χ1) is 11.1. The first-order valence-electron chi connectivity index (χ1n) is 7.59. The molecule has 1 saturated heterocycles. The van der Waals surface area contributed by atoms with Crippen LogP contribution in [-0.2, 0) is 23.1 Å². The summed E-state index contributed by atoms with van der Waals surface area (Å²) in [4.78, 5) is 27.0. The highest BCUT2D eigenvalue weighted by atomic mass is 32.1. The molecule has 3 rings (SSSR count). The van der Waals surface area contributed by atoms with Gasteiger partial charge in [0.25, 0.3) is 0 Å². The molecule has 0 spiro atoms. The van der Waals surface area contributed by atoms with Gasteiger partial charge in [0, 0.05) is 36.7 Å². The van der Waals surface area contributed by atoms with Crippen molar-refractivity contribution in [1.82, 2.24) is 14.7 Å². The van der Waals surface area contributed by atoms with Crippen LogP contribution in [-0.4, -0.2) is 38.2 Å². The number of carboxylic acids is 1. The van der Waals surface area contributed by atoms with Gasteiger partial charge in [-0.05, 0) is 24.3 Å². The number of hydrogen-bond donors (Lipinski definition) is 1. The molecule has 0 bridgehead atoms. The van der Waals surface area contributed by atoms with E-state index in [4.69, 9.17) is 0 Å². The molecule has 2 unspecified atom stereocenters. The van der Waals surface area contributed by atoms with Gasteiger partial charge in [0.1, 0.15) is 0 Å². The van der Waals surface area contributed by atoms with Crippen LogP contribution in [0.2, 0.25) is 0 Å². The third-order valence-electron chi connectivity index (χ3n) is 4.27. The van der Waals surface area contributed by atoms with Crippen LogP contribution in [0.3, 0.4) is 0 Å². The maximum atomic E-state index is 12.4. The Morgan fingerprint density at radius 2 is 2.35 bits per heavy atom. The van der Waals surface area contributed by atoms with E-state index in [0.29, 0.717) is 13.0 Å². The van der Waals surface area contributed by atoms with E-state index in [-0.39, 0.29) is 12.3 Å². The molecular formula is C16H19N3O3S. The minimum absolute atomic E-state index is 0.0212. The minimum atomic E-state index is -0.854. The lowest BCUT2D eigenvalue weighted by atomic mass is 9.85. The zero-order chi connectivity index (χ0) is 16.4. The van der Waals surface area contributed by atoms with Crippen LogP contribution in [0.5, 0.6) is 0 Å². The number of piperidine rings is 1. The Labute approximate surface area is 138 Å². The van der Waals surface area contributed by atoms with Crippen molar-refractivity contribution < 1.29 is 14.7 Å². The Hall–Kier alpha value is -2.15. The predicted octanol–water partition coefficient (Wildman–Crippen LogP) is 2.09. The second kappa shape index (κ2) is 6.54. The van der Waals surface area contributed by atoms with Gasteiger partial charge >= 0.3 is 5.97 Å². The molecule has 1 fully saturated rings. The second-order valence-electron chi connectivity index (χ2n) is 5.79. The van der Waals surface area contributed by atoms with Gasteiger partial charge in [0.15, 0.2) is 0 Å². The van der Waals surface area contributed by atoms with E-state index in [2.05, 4.69) is 5.10 Å². The Morgan fingerprint density at radius 1 is 1.52 bits per heavy atom. The molecule has 3 heterocycles. The Morgan fingerprint density at radius 3 is 2.96 bits per heavy atom. The maximum Gasteiger partial charge on any atom is 0.308 e. The average molecular weight is 333 g/mol. The smallest absolute Gasteiger partial charge is 0.308 e. The third-order valence-corrected chi connectivity index (χ3v) is 5.21. The number of likely N-dealkylation sites (tertiary alicyclic amines) is 1. The van der Waals surface area contributed by atoms with Crippen molar-refractivity contribution in [3.8, 4) is 0 Å². The van der Waals surface area contributed by atoms with Crippen LogP contribution in [0, 0.1) is 5.92 Å². The monoisotopic (exact) mass is 333 g/mol. The number of carbonyl (C=O) groups is 2. The summed E-state index contributed by atoms with van der Waals surface area (Å²) < 4.78 is 1.64. The van der Waals surface area contributed by atoms with Crippen molar-refractivity contribution in [3.63, 3.8) is 0 Å². The first kappa shape index (κ1) is 15.7. The first-order valence-corrected chi connectivity index (χ1v) is 8.47. The summed E-state index contributed by atoms with van der Waals surface area (Å²) >= 11 is 1.65. The summed E-state index contributed by atoms with van der Waals surface area (Å²) in [5, 5.41) is 15.7. The maximum absolute atomic E-state index is 12.4. The quantitative estimate of drug-likeness (QED) is 0.909. The zero-order valence-electron chi connectivity index (χ0n) is 12.9. The van der Waals surface area contributed by atoms with E-state index in [9.17, 15) is 14.7 Å². The highest BCUT2D eigenvalue weighted by Gasteiger charge is 2.41. The molecule has 1 aliphatic rings. The number of aromatic nitrogens is 2. The number of nitrogens with zero attached hydrogens (tertiary/aromatic N) is 3. The fourth-order valence-electron chi connectivity index (χ4n) is 3.17. The Balaban J connectivity index is 1.87. The van der Waals surface area contributed by atoms with Gasteiger partial charge in [0.2, 0.25) is 5.91 Å². The molecule has 23 heavy (non-hydrogen) atoms. The molecule has 0 aromatic carbocycles. The molecule has 2 aromatic heterocycles. The van der Waals surface area contributed by atoms with Crippen LogP contribution in [0.25, 0.3) is 0 Å². The summed E-state index contributed by atoms with van der Waals surface area (Å²) in [6, 6.07) is 3.58. The fraction of sp³-hybridized carbons (Fsp3) is 0.438. The largest absolute Gasteiger partial charge is 0.481 e. The number of amides is 1. The lowest BCUT2D eigenvalue weighted by molar-refractivity contribution is -0.152. The average Bonchev–Trinajstić information content (AvgIpc) is 3.16. The van der Waals surface area contributed by atoms with Crippen LogP contribution in [0.1, 0.15) is 29.3 Å². The lowest BCUT2D eigenvalue weighted by Crippen LogP contribution is -2.46. The standard InChI is InChI=1S/C16H19N3O3S/c1-18-10-11(9-17-18)15-13(16(21)22)4-5-14(20)19(15)7-6-12-3-2-8-23-12/h2-3,8-10,13,15H,4-7H2,1H3,(H,21,22). The molecule has 0 radical (unpaired) electrons. The van der Waals surface area contributed by atoms with Gasteiger partial charge in [-0.15, -0.1) is 11.3 Å². The van der Waals surface area contributed by atoms with Gasteiger partial charge in [-0.2, -0.15) is 5.10 Å². The fourth-order valence-corrected chi connectivity index (χ4v) is 3.86. The van der Waals surface area contributed by atoms with Crippen molar-refractivity contribution in [2.45, 2.75) is 25.3 Å². The number of carboxylic acid groups (broad SMARTS) is 1. The summed E-state index contributed by atoms with van der Waals surface area (Å²) in [7, 11) is 1.79. The molecular weight excluding hydrogens is 314 g/mol. The lowest BCUT2D eigenvalue weighted by Gasteiger charge is -2.39. The van der Waals surface area contributed by atoms with Crippen molar-refractivity contribution in [2.75, 3.05) is 6.54 Å². The van der Waals surface area contributed by atoms with Crippen molar-refractivity contribution in [2.24, 2.45) is 13.0 Å². The molecule has 122 valence electrons. The van der Waals surface area contributed by atoms with Crippen LogP contribution in [0.4, 0.5) is 0 Å². The molecule has 1 N–H and O–H groups in total. The van der Waals surface area contributed by atoms with E-state index in [1.165, 1.54) is 4.88 Å². The third kappa shape index (κ3) is 3.29. The number of rotatable bonds is 5. The molecule has 6 nitrogen and oxygen atoms in total. The van der Waals surface area contributed by atoms with E-state index >= 15 is 0 Å². The van der Waals surface area contributed by atoms with Gasteiger partial charge in [-0.3, -0.25) is 14.3 Å². The molecule has 2 aromatic rings. The summed E-state index contributed by atoms with van der Waals surface area (Å²) in [6.07, 6.45) is 4.88. The molecule has 1 amide bonds. The van der Waals surface area contributed by atoms with Gasteiger partial charge in [-0.1, -0.05) is 6.07 Å². The number of thiophene rings is 1. The van der Waals surface area contributed by atoms with Crippen LogP contribution in [0.15, 0.2) is 29.9 Å². The predicted molar refractivity (Wildman–Crippen MR) is 86.0 cm³/mol. The normalized spacial score (nSPS) is 21.6. The molecule has 1 aliphatic heterocycles. The SMILES string of the molecule is Cn1cc(C2C(C(=O)O)CCC(=O)N2CCc2cccs2)cn1. The Kier molecular flexibility index (Phi) is 4.47. The highest BCUT2D eigenvalue weighted by molar-refractivity contribution is 7.09. The second-order valence-corrected chi connectivity index (χ2v) is 6.82. The van der Waals surface area contributed by atoms with Gasteiger partial charge in [0.05, 0.1) is 18.2 Å². The van der Waals surface area contributed by atoms with Gasteiger partial charge in [-0.25, -0.2) is 0 Å². The zero-order valence-corrected chi connectivity index (χ0v) is 13.7. The highest BCUT2D eigenvalue weighted by Crippen LogP contribution is 2.37. The molecule has 2 atom stereocenters. The van der Waals surface area contributed by atoms with Gasteiger partial charge < -0.3 is 10.0 Å². The van der Waals surface area contributed by atoms with Crippen molar-refractivity contribution >= 4 is 23.2 Å². The molecule has 7 heteroatoms. The van der Waals surface area contributed by atoms with Crippen LogP contribution >= 0.6 is 11.3 Å². The topological polar surface area (TPSA) is 75.4 Å². The van der Waals surface area contributed by atoms with Crippen LogP contribution < -0.4 is 0 Å². The summed E-state index contributed by atoms with van der Waals surface area (Å²) in [5.41, 5.74) is 0.791. The number of hydrogen-bond acceptors (Lipinski definition) is 4. The van der Waals surface area contributed by atoms with E-state index < -0.39 is 17.9 Å². The van der Waals surface area contributed by atoms with Crippen molar-refractivity contribution in [1.29, 1.82) is 0 Å². The van der Waals surface area contributed by atoms with E-state index in [1.54, 1.807) is 40.4 Å². The number of aryl methyl sites for hydroxylation is 1. The minimum Gasteiger partial charge on any atom is -0.481 e. The molecule has 0 aliphatic carbocycles. The molecule has 0 saturated carbocycles. The summed E-state index contributed by atoms with van der Waals surface area (Å²) in [5.74, 6) is -1.42. The number of carbonyl (C=O) groups excluding carboxylic acids is 1. The van der Waals surface area contributed by atoms with E-state index in [1.807, 2.05) is 17.5 Å². The Bertz CT molecular complexity index is 695. The van der Waals surface area contributed by atoms with Crippen molar-refractivity contribution in [3.05, 3.63) is 40.3 Å². The summed E-state index contributed by atoms with van der Waals surface area (Å²) in [6.45, 7) is 0.530.